The number of rotatable bonds is 3. The molecule has 1 aromatic heterocycles. The number of benzene rings is 1. The Morgan fingerprint density at radius 1 is 1.20 bits per heavy atom. The van der Waals surface area contributed by atoms with Gasteiger partial charge in [0.05, 0.1) is 5.02 Å². The van der Waals surface area contributed by atoms with E-state index in [0.717, 1.165) is 30.2 Å². The second-order valence-electron chi connectivity index (χ2n) is 5.34. The van der Waals surface area contributed by atoms with Crippen LogP contribution in [0.5, 0.6) is 0 Å². The van der Waals surface area contributed by atoms with E-state index in [1.807, 2.05) is 12.1 Å². The van der Waals surface area contributed by atoms with E-state index >= 15 is 0 Å². The molecule has 4 heteroatoms. The molecule has 3 rings (SSSR count). The number of hydrogen-bond donors (Lipinski definition) is 1. The first-order valence-corrected chi connectivity index (χ1v) is 7.23. The predicted molar refractivity (Wildman–Crippen MR) is 81.7 cm³/mol. The lowest BCUT2D eigenvalue weighted by Crippen LogP contribution is -2.28. The van der Waals surface area contributed by atoms with Crippen LogP contribution in [0.2, 0.25) is 5.02 Å². The zero-order chi connectivity index (χ0) is 13.9. The summed E-state index contributed by atoms with van der Waals surface area (Å²) in [5.41, 5.74) is 8.74. The number of likely N-dealkylation sites (tertiary alicyclic amines) is 1. The van der Waals surface area contributed by atoms with Gasteiger partial charge in [0.25, 0.3) is 0 Å². The Balaban J connectivity index is 1.71. The van der Waals surface area contributed by atoms with Gasteiger partial charge in [-0.25, -0.2) is 0 Å². The first kappa shape index (κ1) is 13.6. The van der Waals surface area contributed by atoms with E-state index in [0.29, 0.717) is 5.92 Å². The van der Waals surface area contributed by atoms with E-state index in [1.165, 1.54) is 5.56 Å². The molecule has 104 valence electrons. The second kappa shape index (κ2) is 5.92. The molecule has 0 aliphatic carbocycles. The van der Waals surface area contributed by atoms with Gasteiger partial charge >= 0.3 is 0 Å². The van der Waals surface area contributed by atoms with Gasteiger partial charge in [0.15, 0.2) is 0 Å². The normalized spacial score (nSPS) is 23.1. The highest BCUT2D eigenvalue weighted by atomic mass is 35.5. The number of hydrogen-bond acceptors (Lipinski definition) is 3. The summed E-state index contributed by atoms with van der Waals surface area (Å²) in [5.74, 6) is 0.400. The van der Waals surface area contributed by atoms with Crippen molar-refractivity contribution in [2.45, 2.75) is 18.5 Å². The maximum absolute atomic E-state index is 6.31. The number of aromatic nitrogens is 1. The molecule has 1 fully saturated rings. The van der Waals surface area contributed by atoms with Crippen molar-refractivity contribution in [3.8, 4) is 0 Å². The zero-order valence-corrected chi connectivity index (χ0v) is 12.0. The fourth-order valence-electron chi connectivity index (χ4n) is 2.87. The smallest absolute Gasteiger partial charge is 0.0634 e. The van der Waals surface area contributed by atoms with Gasteiger partial charge in [-0.1, -0.05) is 41.9 Å². The van der Waals surface area contributed by atoms with E-state index in [4.69, 9.17) is 17.3 Å². The lowest BCUT2D eigenvalue weighted by atomic mass is 9.95. The summed E-state index contributed by atoms with van der Waals surface area (Å²) in [6, 6.07) is 12.7. The molecule has 2 heterocycles. The van der Waals surface area contributed by atoms with Crippen molar-refractivity contribution in [3.63, 3.8) is 0 Å². The third kappa shape index (κ3) is 2.85. The molecule has 0 amide bonds. The van der Waals surface area contributed by atoms with Crippen LogP contribution < -0.4 is 5.73 Å². The minimum absolute atomic E-state index is 0.179. The van der Waals surface area contributed by atoms with Crippen LogP contribution in [0, 0.1) is 0 Å². The Morgan fingerprint density at radius 3 is 2.75 bits per heavy atom. The summed E-state index contributed by atoms with van der Waals surface area (Å²) in [6.07, 6.45) is 3.48. The van der Waals surface area contributed by atoms with Crippen LogP contribution in [0.1, 0.15) is 17.0 Å². The monoisotopic (exact) mass is 287 g/mol. The van der Waals surface area contributed by atoms with E-state index in [9.17, 15) is 0 Å². The Hall–Kier alpha value is -1.42. The van der Waals surface area contributed by atoms with Gasteiger partial charge in [-0.05, 0) is 17.2 Å². The molecule has 1 aliphatic heterocycles. The highest BCUT2D eigenvalue weighted by molar-refractivity contribution is 6.31. The molecule has 1 aromatic carbocycles. The fraction of sp³-hybridized carbons (Fsp3) is 0.312. The summed E-state index contributed by atoms with van der Waals surface area (Å²) < 4.78 is 0. The lowest BCUT2D eigenvalue weighted by Gasteiger charge is -2.16. The largest absolute Gasteiger partial charge is 0.326 e. The summed E-state index contributed by atoms with van der Waals surface area (Å²) >= 11 is 6.17. The molecule has 0 bridgehead atoms. The van der Waals surface area contributed by atoms with Gasteiger partial charge in [0, 0.05) is 44.0 Å². The first-order valence-electron chi connectivity index (χ1n) is 6.85. The molecule has 0 unspecified atom stereocenters. The van der Waals surface area contributed by atoms with Gasteiger partial charge < -0.3 is 5.73 Å². The van der Waals surface area contributed by atoms with Crippen molar-refractivity contribution in [1.82, 2.24) is 9.88 Å². The van der Waals surface area contributed by atoms with Crippen LogP contribution in [-0.4, -0.2) is 29.0 Å². The number of nitrogens with zero attached hydrogens (tertiary/aromatic N) is 2. The molecular formula is C16H18ClN3. The Kier molecular flexibility index (Phi) is 4.01. The standard InChI is InChI=1S/C16H18ClN3/c17-15-8-19-7-6-13(15)9-20-10-14(16(18)11-20)12-4-2-1-3-5-12/h1-8,14,16H,9-11,18H2/t14-,16+/m0/s1. The number of nitrogens with two attached hydrogens (primary N) is 1. The molecule has 1 saturated heterocycles. The van der Waals surface area contributed by atoms with Crippen molar-refractivity contribution in [2.24, 2.45) is 5.73 Å². The highest BCUT2D eigenvalue weighted by Crippen LogP contribution is 2.28. The molecule has 3 nitrogen and oxygen atoms in total. The van der Waals surface area contributed by atoms with Crippen LogP contribution in [0.4, 0.5) is 0 Å². The van der Waals surface area contributed by atoms with Crippen molar-refractivity contribution >= 4 is 11.6 Å². The topological polar surface area (TPSA) is 42.1 Å². The Bertz CT molecular complexity index is 573. The molecule has 0 radical (unpaired) electrons. The van der Waals surface area contributed by atoms with Gasteiger partial charge in [-0.2, -0.15) is 0 Å². The molecule has 20 heavy (non-hydrogen) atoms. The number of pyridine rings is 1. The van der Waals surface area contributed by atoms with Gasteiger partial charge in [-0.15, -0.1) is 0 Å². The summed E-state index contributed by atoms with van der Waals surface area (Å²) in [6.45, 7) is 2.71. The summed E-state index contributed by atoms with van der Waals surface area (Å²) in [5, 5.41) is 0.726. The Morgan fingerprint density at radius 2 is 2.00 bits per heavy atom. The van der Waals surface area contributed by atoms with Gasteiger partial charge in [0.2, 0.25) is 0 Å². The second-order valence-corrected chi connectivity index (χ2v) is 5.75. The zero-order valence-electron chi connectivity index (χ0n) is 11.2. The molecule has 0 saturated carbocycles. The Labute approximate surface area is 124 Å². The van der Waals surface area contributed by atoms with Crippen LogP contribution in [0.15, 0.2) is 48.8 Å². The lowest BCUT2D eigenvalue weighted by molar-refractivity contribution is 0.324. The average Bonchev–Trinajstić information content (AvgIpc) is 2.83. The van der Waals surface area contributed by atoms with Crippen LogP contribution >= 0.6 is 11.6 Å². The van der Waals surface area contributed by atoms with Gasteiger partial charge in [0.1, 0.15) is 0 Å². The van der Waals surface area contributed by atoms with E-state index in [2.05, 4.69) is 34.1 Å². The molecule has 2 N–H and O–H groups in total. The molecule has 0 spiro atoms. The molecule has 1 aliphatic rings. The molecule has 2 aromatic rings. The van der Waals surface area contributed by atoms with E-state index in [1.54, 1.807) is 12.4 Å². The minimum Gasteiger partial charge on any atom is -0.326 e. The minimum atomic E-state index is 0.179. The summed E-state index contributed by atoms with van der Waals surface area (Å²) in [4.78, 5) is 6.39. The van der Waals surface area contributed by atoms with Crippen molar-refractivity contribution in [3.05, 3.63) is 64.9 Å². The van der Waals surface area contributed by atoms with Crippen LogP contribution in [0.25, 0.3) is 0 Å². The van der Waals surface area contributed by atoms with Crippen molar-refractivity contribution in [2.75, 3.05) is 13.1 Å². The van der Waals surface area contributed by atoms with E-state index in [-0.39, 0.29) is 6.04 Å². The third-order valence-corrected chi connectivity index (χ3v) is 4.26. The number of halogens is 1. The third-order valence-electron chi connectivity index (χ3n) is 3.92. The maximum atomic E-state index is 6.31. The molecule has 2 atom stereocenters. The fourth-order valence-corrected chi connectivity index (χ4v) is 3.05. The van der Waals surface area contributed by atoms with E-state index < -0.39 is 0 Å². The first-order chi connectivity index (χ1) is 9.74. The predicted octanol–water partition coefficient (Wildman–Crippen LogP) is 2.66. The van der Waals surface area contributed by atoms with Crippen molar-refractivity contribution < 1.29 is 0 Å². The summed E-state index contributed by atoms with van der Waals surface area (Å²) in [7, 11) is 0. The molecular weight excluding hydrogens is 270 g/mol. The van der Waals surface area contributed by atoms with Gasteiger partial charge in [-0.3, -0.25) is 9.88 Å². The quantitative estimate of drug-likeness (QED) is 0.944. The highest BCUT2D eigenvalue weighted by Gasteiger charge is 2.31. The van der Waals surface area contributed by atoms with Crippen LogP contribution in [-0.2, 0) is 6.54 Å². The SMILES string of the molecule is N[C@@H]1CN(Cc2ccncc2Cl)C[C@H]1c1ccccc1. The van der Waals surface area contributed by atoms with Crippen molar-refractivity contribution in [1.29, 1.82) is 0 Å². The maximum Gasteiger partial charge on any atom is 0.0634 e. The van der Waals surface area contributed by atoms with Crippen LogP contribution in [0.3, 0.4) is 0 Å². The average molecular weight is 288 g/mol.